The smallest absolute Gasteiger partial charge is 0.122 e. The van der Waals surface area contributed by atoms with Gasteiger partial charge in [-0.05, 0) is 30.2 Å². The first-order chi connectivity index (χ1) is 9.08. The minimum atomic E-state index is 0.101. The van der Waals surface area contributed by atoms with Crippen LogP contribution >= 0.6 is 0 Å². The maximum absolute atomic E-state index is 7.47. The van der Waals surface area contributed by atoms with Crippen molar-refractivity contribution in [2.75, 3.05) is 11.9 Å². The molecule has 4 nitrogen and oxygen atoms in total. The molecule has 0 fully saturated rings. The maximum Gasteiger partial charge on any atom is 0.122 e. The number of nitrogens with zero attached hydrogens (tertiary/aromatic N) is 2. The van der Waals surface area contributed by atoms with Gasteiger partial charge in [-0.15, -0.1) is 0 Å². The fourth-order valence-electron chi connectivity index (χ4n) is 2.09. The summed E-state index contributed by atoms with van der Waals surface area (Å²) in [6.07, 6.45) is 3.66. The van der Waals surface area contributed by atoms with Crippen LogP contribution in [0.4, 0.5) is 5.69 Å². The number of nitrogens with two attached hydrogens (primary N) is 1. The Balaban J connectivity index is 2.19. The van der Waals surface area contributed by atoms with Gasteiger partial charge in [-0.3, -0.25) is 10.4 Å². The van der Waals surface area contributed by atoms with E-state index in [0.29, 0.717) is 0 Å². The highest BCUT2D eigenvalue weighted by Crippen LogP contribution is 2.19. The zero-order chi connectivity index (χ0) is 13.8. The third-order valence-electron chi connectivity index (χ3n) is 3.06. The molecule has 0 bridgehead atoms. The lowest BCUT2D eigenvalue weighted by molar-refractivity contribution is 0.913. The minimum Gasteiger partial charge on any atom is -0.384 e. The lowest BCUT2D eigenvalue weighted by Gasteiger charge is -2.21. The Kier molecular flexibility index (Phi) is 3.80. The highest BCUT2D eigenvalue weighted by molar-refractivity contribution is 5.95. The van der Waals surface area contributed by atoms with E-state index >= 15 is 0 Å². The highest BCUT2D eigenvalue weighted by atomic mass is 15.1. The molecule has 1 heterocycles. The number of rotatable bonds is 4. The second-order valence-corrected chi connectivity index (χ2v) is 4.63. The number of anilines is 1. The summed E-state index contributed by atoms with van der Waals surface area (Å²) >= 11 is 0. The van der Waals surface area contributed by atoms with Crippen LogP contribution in [-0.2, 0) is 6.54 Å². The van der Waals surface area contributed by atoms with Crippen LogP contribution < -0.4 is 10.6 Å². The zero-order valence-corrected chi connectivity index (χ0v) is 11.2. The third-order valence-corrected chi connectivity index (χ3v) is 3.06. The number of aryl methyl sites for hydroxylation is 1. The average Bonchev–Trinajstić information content (AvgIpc) is 2.39. The van der Waals surface area contributed by atoms with Crippen molar-refractivity contribution in [3.05, 3.63) is 59.4 Å². The van der Waals surface area contributed by atoms with Crippen molar-refractivity contribution >= 4 is 11.5 Å². The van der Waals surface area contributed by atoms with Crippen molar-refractivity contribution in [1.82, 2.24) is 4.98 Å². The first-order valence-corrected chi connectivity index (χ1v) is 6.13. The van der Waals surface area contributed by atoms with Crippen molar-refractivity contribution in [1.29, 1.82) is 5.41 Å². The molecule has 0 aliphatic heterocycles. The largest absolute Gasteiger partial charge is 0.384 e. The lowest BCUT2D eigenvalue weighted by Crippen LogP contribution is -2.18. The molecule has 1 aromatic heterocycles. The molecule has 0 saturated heterocycles. The fourth-order valence-corrected chi connectivity index (χ4v) is 2.09. The molecule has 19 heavy (non-hydrogen) atoms. The van der Waals surface area contributed by atoms with Gasteiger partial charge in [0.05, 0.1) is 0 Å². The topological polar surface area (TPSA) is 66.0 Å². The molecule has 0 radical (unpaired) electrons. The highest BCUT2D eigenvalue weighted by Gasteiger charge is 2.06. The monoisotopic (exact) mass is 254 g/mol. The maximum atomic E-state index is 7.47. The Hall–Kier alpha value is -2.36. The molecule has 2 aromatic rings. The Morgan fingerprint density at radius 1 is 1.37 bits per heavy atom. The standard InChI is InChI=1S/C15H18N4/c1-11-9-18-7-6-14(11)19(2)10-12-4-3-5-13(8-12)15(16)17/h3-9H,10H2,1-2H3,(H3,16,17). The Bertz CT molecular complexity index is 592. The van der Waals surface area contributed by atoms with E-state index in [9.17, 15) is 0 Å². The van der Waals surface area contributed by atoms with E-state index in [4.69, 9.17) is 11.1 Å². The summed E-state index contributed by atoms with van der Waals surface area (Å²) in [7, 11) is 2.04. The van der Waals surface area contributed by atoms with Crippen LogP contribution in [0.5, 0.6) is 0 Å². The van der Waals surface area contributed by atoms with Gasteiger partial charge in [0.15, 0.2) is 0 Å². The van der Waals surface area contributed by atoms with Crippen molar-refractivity contribution in [3.8, 4) is 0 Å². The van der Waals surface area contributed by atoms with Crippen molar-refractivity contribution < 1.29 is 0 Å². The van der Waals surface area contributed by atoms with Gasteiger partial charge in [-0.2, -0.15) is 0 Å². The molecule has 0 spiro atoms. The summed E-state index contributed by atoms with van der Waals surface area (Å²) in [5.74, 6) is 0.101. The molecule has 0 saturated carbocycles. The first-order valence-electron chi connectivity index (χ1n) is 6.13. The summed E-state index contributed by atoms with van der Waals surface area (Å²) in [5, 5.41) is 7.47. The molecular weight excluding hydrogens is 236 g/mol. The molecule has 98 valence electrons. The van der Waals surface area contributed by atoms with Gasteiger partial charge in [-0.25, -0.2) is 0 Å². The number of amidine groups is 1. The molecule has 0 aliphatic rings. The van der Waals surface area contributed by atoms with Gasteiger partial charge < -0.3 is 10.6 Å². The van der Waals surface area contributed by atoms with Crippen LogP contribution in [-0.4, -0.2) is 17.9 Å². The van der Waals surface area contributed by atoms with E-state index in [1.165, 1.54) is 0 Å². The molecule has 0 atom stereocenters. The number of hydrogen-bond donors (Lipinski definition) is 2. The molecule has 4 heteroatoms. The summed E-state index contributed by atoms with van der Waals surface area (Å²) in [5.41, 5.74) is 9.70. The Labute approximate surface area is 113 Å². The molecule has 1 aromatic carbocycles. The summed E-state index contributed by atoms with van der Waals surface area (Å²) < 4.78 is 0. The van der Waals surface area contributed by atoms with Crippen LogP contribution in [0, 0.1) is 12.3 Å². The van der Waals surface area contributed by atoms with Crippen LogP contribution in [0.25, 0.3) is 0 Å². The van der Waals surface area contributed by atoms with Gasteiger partial charge in [0, 0.05) is 37.2 Å². The average molecular weight is 254 g/mol. The predicted octanol–water partition coefficient (Wildman–Crippen LogP) is 2.31. The number of nitrogens with one attached hydrogen (secondary N) is 1. The molecule has 0 aliphatic carbocycles. The van der Waals surface area contributed by atoms with Crippen LogP contribution in [0.15, 0.2) is 42.7 Å². The van der Waals surface area contributed by atoms with Gasteiger partial charge in [0.25, 0.3) is 0 Å². The van der Waals surface area contributed by atoms with Crippen LogP contribution in [0.1, 0.15) is 16.7 Å². The third kappa shape index (κ3) is 3.10. The number of pyridine rings is 1. The van der Waals surface area contributed by atoms with Gasteiger partial charge >= 0.3 is 0 Å². The predicted molar refractivity (Wildman–Crippen MR) is 78.5 cm³/mol. The van der Waals surface area contributed by atoms with Crippen molar-refractivity contribution in [2.24, 2.45) is 5.73 Å². The fraction of sp³-hybridized carbons (Fsp3) is 0.200. The molecule has 3 N–H and O–H groups in total. The van der Waals surface area contributed by atoms with Crippen molar-refractivity contribution in [3.63, 3.8) is 0 Å². The molecule has 0 unspecified atom stereocenters. The van der Waals surface area contributed by atoms with E-state index in [1.54, 1.807) is 6.20 Å². The number of hydrogen-bond acceptors (Lipinski definition) is 3. The minimum absolute atomic E-state index is 0.101. The van der Waals surface area contributed by atoms with Gasteiger partial charge in [0.1, 0.15) is 5.84 Å². The number of nitrogen functional groups attached to an aromatic ring is 1. The molecular formula is C15H18N4. The second-order valence-electron chi connectivity index (χ2n) is 4.63. The van der Waals surface area contributed by atoms with E-state index < -0.39 is 0 Å². The molecule has 0 amide bonds. The van der Waals surface area contributed by atoms with Gasteiger partial charge in [0.2, 0.25) is 0 Å². The second kappa shape index (κ2) is 5.52. The lowest BCUT2D eigenvalue weighted by atomic mass is 10.1. The van der Waals surface area contributed by atoms with Gasteiger partial charge in [-0.1, -0.05) is 18.2 Å². The summed E-state index contributed by atoms with van der Waals surface area (Å²) in [6.45, 7) is 2.82. The van der Waals surface area contributed by atoms with Crippen LogP contribution in [0.2, 0.25) is 0 Å². The van der Waals surface area contributed by atoms with E-state index in [-0.39, 0.29) is 5.84 Å². The van der Waals surface area contributed by atoms with E-state index in [1.807, 2.05) is 50.5 Å². The zero-order valence-electron chi connectivity index (χ0n) is 11.2. The summed E-state index contributed by atoms with van der Waals surface area (Å²) in [4.78, 5) is 6.26. The normalized spacial score (nSPS) is 10.2. The SMILES string of the molecule is Cc1cnccc1N(C)Cc1cccc(C(=N)N)c1. The Morgan fingerprint density at radius 2 is 2.16 bits per heavy atom. The molecule has 2 rings (SSSR count). The quantitative estimate of drug-likeness (QED) is 0.650. The summed E-state index contributed by atoms with van der Waals surface area (Å²) in [6, 6.07) is 9.78. The number of benzene rings is 1. The van der Waals surface area contributed by atoms with Crippen molar-refractivity contribution in [2.45, 2.75) is 13.5 Å². The van der Waals surface area contributed by atoms with E-state index in [2.05, 4.69) is 9.88 Å². The first kappa shape index (κ1) is 13.1. The van der Waals surface area contributed by atoms with E-state index in [0.717, 1.165) is 28.9 Å². The Morgan fingerprint density at radius 3 is 2.84 bits per heavy atom. The number of aromatic nitrogens is 1. The van der Waals surface area contributed by atoms with Crippen LogP contribution in [0.3, 0.4) is 0 Å².